The molecule has 0 aromatic carbocycles. The maximum Gasteiger partial charge on any atom is 0 e. The van der Waals surface area contributed by atoms with E-state index in [0.29, 0.717) is 6.61 Å². The fraction of sp³-hybridized carbons (Fsp3) is 0.571. The van der Waals surface area contributed by atoms with Crippen LogP contribution >= 0.6 is 0 Å². The van der Waals surface area contributed by atoms with E-state index in [1.807, 2.05) is 0 Å². The van der Waals surface area contributed by atoms with Gasteiger partial charge in [-0.1, -0.05) is 12.2 Å². The van der Waals surface area contributed by atoms with E-state index in [4.69, 9.17) is 10.2 Å². The fourth-order valence-corrected chi connectivity index (χ4v) is 1.11. The molecule has 0 saturated carbocycles. The Bertz CT molecular complexity index is 629. The van der Waals surface area contributed by atoms with Crippen LogP contribution in [0.5, 0.6) is 0 Å². The summed E-state index contributed by atoms with van der Waals surface area (Å²) in [5, 5.41) is 16.4. The minimum atomic E-state index is -1.16. The molecule has 2 N–H and O–H groups in total. The van der Waals surface area contributed by atoms with Crippen LogP contribution in [0.3, 0.4) is 0 Å². The number of hydrogen-bond donors (Lipinski definition) is 2. The third-order valence-electron chi connectivity index (χ3n) is 3.50. The van der Waals surface area contributed by atoms with Crippen molar-refractivity contribution in [3.8, 4) is 0 Å². The average Bonchev–Trinajstić information content (AvgIpc) is 2.62. The third-order valence-corrected chi connectivity index (χ3v) is 3.50. The van der Waals surface area contributed by atoms with Gasteiger partial charge in [0.25, 0.3) is 0 Å². The molecule has 0 aromatic heterocycles. The first-order valence-electron chi connectivity index (χ1n) is 9.18. The normalized spacial score (nSPS) is 9.44. The number of rotatable bonds is 10. The van der Waals surface area contributed by atoms with E-state index < -0.39 is 41.1 Å². The van der Waals surface area contributed by atoms with Gasteiger partial charge in [-0.3, -0.25) is 24.0 Å². The van der Waals surface area contributed by atoms with Gasteiger partial charge in [0, 0.05) is 24.3 Å². The summed E-state index contributed by atoms with van der Waals surface area (Å²) in [6.07, 6.45) is 2.23. The zero-order valence-electron chi connectivity index (χ0n) is 20.2. The van der Waals surface area contributed by atoms with Crippen molar-refractivity contribution in [2.24, 2.45) is 10.8 Å². The Kier molecular flexibility index (Phi) is 27.3. The Hall–Kier alpha value is -1.49. The largest absolute Gasteiger partial charge is 0 e. The van der Waals surface area contributed by atoms with Crippen molar-refractivity contribution in [3.05, 3.63) is 25.3 Å². The SMILES string of the molecule is C=CC(C)(C)C(=O)CC(=O)OCC.C=CC(C)(C)C(=O)O.CCOC(=O)CC(=O)O.[BiH2].[Li]. The molecule has 0 amide bonds. The molecule has 9 nitrogen and oxygen atoms in total. The van der Waals surface area contributed by atoms with Gasteiger partial charge < -0.3 is 19.7 Å². The van der Waals surface area contributed by atoms with Crippen molar-refractivity contribution < 1.29 is 43.7 Å². The number of hydrogen-bond acceptors (Lipinski definition) is 7. The van der Waals surface area contributed by atoms with Gasteiger partial charge in [0.05, 0.1) is 18.6 Å². The number of aliphatic carboxylic acids is 2. The van der Waals surface area contributed by atoms with Gasteiger partial charge in [-0.25, -0.2) is 0 Å². The fourth-order valence-electron chi connectivity index (χ4n) is 1.11. The molecule has 0 heterocycles. The van der Waals surface area contributed by atoms with E-state index in [0.717, 1.165) is 0 Å². The summed E-state index contributed by atoms with van der Waals surface area (Å²) in [7, 11) is 0. The molecule has 0 atom stereocenters. The van der Waals surface area contributed by atoms with Gasteiger partial charge in [0.15, 0.2) is 5.78 Å². The van der Waals surface area contributed by atoms with E-state index in [1.54, 1.807) is 41.5 Å². The zero-order chi connectivity index (χ0) is 24.5. The van der Waals surface area contributed by atoms with Crippen LogP contribution in [0, 0.1) is 10.8 Å². The Morgan fingerprint density at radius 2 is 1.12 bits per heavy atom. The molecule has 0 fully saturated rings. The number of Topliss-reactive ketones (excluding diaryl/α,β-unsaturated/α-hetero) is 1. The van der Waals surface area contributed by atoms with Crippen molar-refractivity contribution >= 4 is 74.7 Å². The van der Waals surface area contributed by atoms with Crippen molar-refractivity contribution in [2.75, 3.05) is 13.2 Å². The van der Waals surface area contributed by atoms with E-state index in [1.165, 1.54) is 12.2 Å². The molecule has 0 rings (SSSR count). The molecule has 180 valence electrons. The summed E-state index contributed by atoms with van der Waals surface area (Å²) in [5.41, 5.74) is -1.42. The monoisotopic (exact) mass is 648 g/mol. The van der Waals surface area contributed by atoms with Crippen LogP contribution in [0.1, 0.15) is 54.4 Å². The van der Waals surface area contributed by atoms with Gasteiger partial charge in [-0.2, -0.15) is 0 Å². The molecule has 2 radical (unpaired) electrons. The first kappa shape index (κ1) is 40.8. The predicted molar refractivity (Wildman–Crippen MR) is 125 cm³/mol. The number of carboxylic acids is 2. The minimum absolute atomic E-state index is 0. The van der Waals surface area contributed by atoms with Crippen LogP contribution in [0.4, 0.5) is 0 Å². The van der Waals surface area contributed by atoms with Gasteiger partial charge in [-0.05, 0) is 41.5 Å². The van der Waals surface area contributed by atoms with Gasteiger partial charge in [0.2, 0.25) is 0 Å². The Morgan fingerprint density at radius 1 is 0.781 bits per heavy atom. The standard InChI is InChI=1S/C10H16O3.C6H10O2.C5H8O4.Bi.Li.2H/c1-5-10(3,4)8(11)7-9(12)13-6-2;1-4-6(2,3)5(7)8;1-2-9-5(8)3-4(6)7;;;;/h5H,1,6-7H2,2-4H3;4H,1H2,2-3H3,(H,7,8);2-3H2,1H3,(H,6,7);;;;. The number of allylic oxidation sites excluding steroid dienone is 1. The quantitative estimate of drug-likeness (QED) is 0.157. The number of carbonyl (C=O) groups excluding carboxylic acids is 3. The minimum Gasteiger partial charge on any atom is 0 e. The van der Waals surface area contributed by atoms with Crippen molar-refractivity contribution in [2.45, 2.75) is 54.4 Å². The number of ether oxygens (including phenoxy) is 2. The van der Waals surface area contributed by atoms with Gasteiger partial charge in [-0.15, -0.1) is 13.2 Å². The summed E-state index contributed by atoms with van der Waals surface area (Å²) in [6.45, 7) is 17.4. The average molecular weight is 648 g/mol. The van der Waals surface area contributed by atoms with E-state index >= 15 is 0 Å². The summed E-state index contributed by atoms with van der Waals surface area (Å²) >= 11 is 0. The molecule has 0 unspecified atom stereocenters. The van der Waals surface area contributed by atoms with Gasteiger partial charge >= 0.3 is 50.1 Å². The first-order valence-corrected chi connectivity index (χ1v) is 9.18. The molecular weight excluding hydrogens is 612 g/mol. The van der Waals surface area contributed by atoms with Crippen LogP contribution in [0.15, 0.2) is 25.3 Å². The van der Waals surface area contributed by atoms with Crippen LogP contribution in [-0.2, 0) is 33.4 Å². The molecule has 11 heteroatoms. The summed E-state index contributed by atoms with van der Waals surface area (Å²) in [4.78, 5) is 52.6. The Balaban J connectivity index is -0.000000114. The third kappa shape index (κ3) is 23.2. The Morgan fingerprint density at radius 3 is 1.34 bits per heavy atom. The molecule has 0 aliphatic heterocycles. The Labute approximate surface area is 221 Å². The number of ketones is 1. The molecule has 0 bridgehead atoms. The molecule has 0 aliphatic rings. The second-order valence-electron chi connectivity index (χ2n) is 6.94. The molecule has 32 heavy (non-hydrogen) atoms. The second kappa shape index (κ2) is 21.4. The smallest absolute Gasteiger partial charge is 0 e. The predicted octanol–water partition coefficient (Wildman–Crippen LogP) is 1.73. The summed E-state index contributed by atoms with van der Waals surface area (Å²) < 4.78 is 8.99. The van der Waals surface area contributed by atoms with Crippen molar-refractivity contribution in [1.29, 1.82) is 0 Å². The van der Waals surface area contributed by atoms with Crippen LogP contribution < -0.4 is 0 Å². The van der Waals surface area contributed by atoms with Crippen LogP contribution in [0.25, 0.3) is 0 Å². The topological polar surface area (TPSA) is 144 Å². The van der Waals surface area contributed by atoms with Gasteiger partial charge in [0.1, 0.15) is 12.8 Å². The number of carboxylic acid groups (broad SMARTS) is 2. The molecule has 0 saturated heterocycles. The maximum atomic E-state index is 11.4. The van der Waals surface area contributed by atoms with Crippen molar-refractivity contribution in [3.63, 3.8) is 0 Å². The summed E-state index contributed by atoms with van der Waals surface area (Å²) in [5.74, 6) is -3.32. The van der Waals surface area contributed by atoms with Crippen molar-refractivity contribution in [1.82, 2.24) is 0 Å². The molecule has 0 spiro atoms. The molecule has 0 aromatic rings. The zero-order valence-corrected chi connectivity index (χ0v) is 24.7. The van der Waals surface area contributed by atoms with Crippen LogP contribution in [0.2, 0.25) is 0 Å². The molecule has 0 aliphatic carbocycles. The maximum absolute atomic E-state index is 11.4. The van der Waals surface area contributed by atoms with E-state index in [9.17, 15) is 24.0 Å². The number of carbonyl (C=O) groups is 5. The summed E-state index contributed by atoms with van der Waals surface area (Å²) in [6, 6.07) is 0. The van der Waals surface area contributed by atoms with E-state index in [-0.39, 0.29) is 63.9 Å². The second-order valence-corrected chi connectivity index (χ2v) is 6.94. The van der Waals surface area contributed by atoms with Crippen LogP contribution in [-0.4, -0.2) is 98.2 Å². The molecular formula is C21H36BiLiO9. The van der Waals surface area contributed by atoms with E-state index in [2.05, 4.69) is 22.6 Å². The number of esters is 2. The first-order chi connectivity index (χ1) is 13.6.